The first-order valence-electron chi connectivity index (χ1n) is 5.44. The number of hydrogen-bond acceptors (Lipinski definition) is 1. The molecule has 0 aliphatic heterocycles. The van der Waals surface area contributed by atoms with Crippen LogP contribution in [-0.2, 0) is 4.74 Å². The second-order valence-electron chi connectivity index (χ2n) is 2.61. The summed E-state index contributed by atoms with van der Waals surface area (Å²) < 4.78 is 5.18. The van der Waals surface area contributed by atoms with Gasteiger partial charge in [0.2, 0.25) is 0 Å². The number of hydrogen-bond donors (Lipinski definition) is 0. The molecule has 0 atom stereocenters. The summed E-state index contributed by atoms with van der Waals surface area (Å²) in [5.74, 6) is 0.952. The predicted molar refractivity (Wildman–Crippen MR) is 65.1 cm³/mol. The van der Waals surface area contributed by atoms with Crippen LogP contribution in [0.5, 0.6) is 0 Å². The highest BCUT2D eigenvalue weighted by Gasteiger charge is 1.94. The Kier molecular flexibility index (Phi) is 16.1. The fourth-order valence-electron chi connectivity index (χ4n) is 0.969. The molecule has 0 amide bonds. The van der Waals surface area contributed by atoms with Gasteiger partial charge in [0.15, 0.2) is 0 Å². The zero-order valence-corrected chi connectivity index (χ0v) is 9.88. The number of ether oxygens (including phenoxy) is 1. The molecule has 0 aliphatic rings. The van der Waals surface area contributed by atoms with Crippen LogP contribution < -0.4 is 0 Å². The summed E-state index contributed by atoms with van der Waals surface area (Å²) >= 11 is 0. The van der Waals surface area contributed by atoms with E-state index in [2.05, 4.69) is 20.1 Å². The van der Waals surface area contributed by atoms with Crippen LogP contribution in [0.1, 0.15) is 46.5 Å². The highest BCUT2D eigenvalue weighted by atomic mass is 16.5. The molecule has 0 heterocycles. The van der Waals surface area contributed by atoms with Crippen molar-refractivity contribution in [2.45, 2.75) is 46.5 Å². The van der Waals surface area contributed by atoms with Crippen molar-refractivity contribution < 1.29 is 4.74 Å². The topological polar surface area (TPSA) is 9.23 Å². The predicted octanol–water partition coefficient (Wildman–Crippen LogP) is 4.82. The second-order valence-corrected chi connectivity index (χ2v) is 2.61. The lowest BCUT2D eigenvalue weighted by molar-refractivity contribution is 0.330. The monoisotopic (exact) mass is 196 g/mol. The van der Waals surface area contributed by atoms with Crippen LogP contribution in [0, 0.1) is 0 Å². The summed E-state index contributed by atoms with van der Waals surface area (Å²) in [6.45, 7) is 13.3. The molecular weight excluding hydrogens is 172 g/mol. The van der Waals surface area contributed by atoms with Crippen LogP contribution >= 0.6 is 0 Å². The smallest absolute Gasteiger partial charge is 0.103 e. The Morgan fingerprint density at radius 2 is 1.86 bits per heavy atom. The molecule has 0 aliphatic carbocycles. The van der Waals surface area contributed by atoms with Crippen LogP contribution in [-0.4, -0.2) is 0 Å². The van der Waals surface area contributed by atoms with Gasteiger partial charge in [0.05, 0.1) is 6.26 Å². The van der Waals surface area contributed by atoms with Crippen molar-refractivity contribution in [3.05, 3.63) is 37.3 Å². The fraction of sp³-hybridized carbons (Fsp3) is 0.538. The van der Waals surface area contributed by atoms with Gasteiger partial charge in [0.25, 0.3) is 0 Å². The van der Waals surface area contributed by atoms with Gasteiger partial charge in [-0.1, -0.05) is 52.8 Å². The molecular formula is C13H24O. The summed E-state index contributed by atoms with van der Waals surface area (Å²) in [7, 11) is 0. The lowest BCUT2D eigenvalue weighted by atomic mass is 10.2. The van der Waals surface area contributed by atoms with Gasteiger partial charge < -0.3 is 4.74 Å². The minimum Gasteiger partial charge on any atom is -0.470 e. The minimum absolute atomic E-state index is 0.952. The first kappa shape index (κ1) is 15.5. The molecule has 0 aromatic rings. The Morgan fingerprint density at radius 3 is 2.29 bits per heavy atom. The van der Waals surface area contributed by atoms with E-state index in [1.54, 1.807) is 6.08 Å². The van der Waals surface area contributed by atoms with Crippen LogP contribution in [0.25, 0.3) is 0 Å². The molecule has 0 bridgehead atoms. The van der Waals surface area contributed by atoms with E-state index in [1.165, 1.54) is 25.5 Å². The molecule has 0 saturated heterocycles. The Balaban J connectivity index is 0. The molecule has 1 nitrogen and oxygen atoms in total. The van der Waals surface area contributed by atoms with E-state index in [0.29, 0.717) is 0 Å². The van der Waals surface area contributed by atoms with E-state index < -0.39 is 0 Å². The van der Waals surface area contributed by atoms with Gasteiger partial charge in [-0.2, -0.15) is 0 Å². The van der Waals surface area contributed by atoms with Gasteiger partial charge in [-0.25, -0.2) is 0 Å². The maximum Gasteiger partial charge on any atom is 0.103 e. The van der Waals surface area contributed by atoms with Gasteiger partial charge in [0.1, 0.15) is 5.76 Å². The Morgan fingerprint density at radius 1 is 1.21 bits per heavy atom. The summed E-state index contributed by atoms with van der Waals surface area (Å²) in [6.07, 6.45) is 9.71. The van der Waals surface area contributed by atoms with E-state index in [9.17, 15) is 0 Å². The third-order valence-electron chi connectivity index (χ3n) is 1.57. The highest BCUT2D eigenvalue weighted by Crippen LogP contribution is 2.10. The maximum absolute atomic E-state index is 5.18. The quantitative estimate of drug-likeness (QED) is 0.322. The summed E-state index contributed by atoms with van der Waals surface area (Å²) in [4.78, 5) is 0. The molecule has 0 aromatic carbocycles. The zero-order valence-electron chi connectivity index (χ0n) is 9.88. The lowest BCUT2D eigenvalue weighted by Crippen LogP contribution is -1.85. The number of rotatable bonds is 7. The summed E-state index contributed by atoms with van der Waals surface area (Å²) in [5.41, 5.74) is 0. The van der Waals surface area contributed by atoms with Crippen molar-refractivity contribution in [3.8, 4) is 0 Å². The lowest BCUT2D eigenvalue weighted by Gasteiger charge is -2.03. The van der Waals surface area contributed by atoms with Crippen LogP contribution in [0.15, 0.2) is 37.3 Å². The molecule has 0 rings (SSSR count). The van der Waals surface area contributed by atoms with Gasteiger partial charge in [-0.15, -0.1) is 0 Å². The molecule has 0 N–H and O–H groups in total. The van der Waals surface area contributed by atoms with Crippen molar-refractivity contribution in [2.24, 2.45) is 0 Å². The van der Waals surface area contributed by atoms with E-state index in [1.807, 2.05) is 19.9 Å². The average Bonchev–Trinajstić information content (AvgIpc) is 2.22. The Hall–Kier alpha value is -0.980. The zero-order chi connectivity index (χ0) is 11.2. The van der Waals surface area contributed by atoms with Crippen LogP contribution in [0.2, 0.25) is 0 Å². The molecule has 0 aromatic heterocycles. The SMILES string of the molecule is C=C/C=C(/CCCCC)OC=C.CC. The second kappa shape index (κ2) is 14.5. The molecule has 0 fully saturated rings. The van der Waals surface area contributed by atoms with Gasteiger partial charge in [0, 0.05) is 6.42 Å². The average molecular weight is 196 g/mol. The molecule has 82 valence electrons. The van der Waals surface area contributed by atoms with Crippen molar-refractivity contribution in [2.75, 3.05) is 0 Å². The molecule has 1 heteroatoms. The first-order valence-corrected chi connectivity index (χ1v) is 5.44. The van der Waals surface area contributed by atoms with Crippen molar-refractivity contribution in [1.82, 2.24) is 0 Å². The maximum atomic E-state index is 5.18. The standard InChI is InChI=1S/C11H18O.C2H6/c1-4-7-8-10-11(9-5-2)12-6-3;1-2/h5-6,9H,2-4,7-8,10H2,1H3;1-2H3/b11-9-;. The largest absolute Gasteiger partial charge is 0.470 e. The molecule has 0 radical (unpaired) electrons. The summed E-state index contributed by atoms with van der Waals surface area (Å²) in [5, 5.41) is 0. The third kappa shape index (κ3) is 11.0. The van der Waals surface area contributed by atoms with E-state index in [-0.39, 0.29) is 0 Å². The van der Waals surface area contributed by atoms with Gasteiger partial charge in [-0.05, 0) is 12.5 Å². The molecule has 0 spiro atoms. The third-order valence-corrected chi connectivity index (χ3v) is 1.57. The van der Waals surface area contributed by atoms with E-state index in [4.69, 9.17) is 4.74 Å². The van der Waals surface area contributed by atoms with Crippen LogP contribution in [0.4, 0.5) is 0 Å². The summed E-state index contributed by atoms with van der Waals surface area (Å²) in [6, 6.07) is 0. The number of unbranched alkanes of at least 4 members (excludes halogenated alkanes) is 2. The van der Waals surface area contributed by atoms with Gasteiger partial charge in [-0.3, -0.25) is 0 Å². The van der Waals surface area contributed by atoms with Crippen molar-refractivity contribution in [1.29, 1.82) is 0 Å². The first-order chi connectivity index (χ1) is 6.85. The normalized spacial score (nSPS) is 9.79. The van der Waals surface area contributed by atoms with E-state index in [0.717, 1.165) is 12.2 Å². The highest BCUT2D eigenvalue weighted by molar-refractivity contribution is 5.04. The Bertz CT molecular complexity index is 157. The molecule has 0 saturated carbocycles. The van der Waals surface area contributed by atoms with Gasteiger partial charge >= 0.3 is 0 Å². The Labute approximate surface area is 89.2 Å². The van der Waals surface area contributed by atoms with Crippen molar-refractivity contribution in [3.63, 3.8) is 0 Å². The van der Waals surface area contributed by atoms with Crippen LogP contribution in [0.3, 0.4) is 0 Å². The van der Waals surface area contributed by atoms with Crippen molar-refractivity contribution >= 4 is 0 Å². The molecule has 0 unspecified atom stereocenters. The fourth-order valence-corrected chi connectivity index (χ4v) is 0.969. The molecule has 14 heavy (non-hydrogen) atoms. The number of allylic oxidation sites excluding steroid dienone is 3. The van der Waals surface area contributed by atoms with E-state index >= 15 is 0 Å². The minimum atomic E-state index is 0.952.